The molecule has 0 aliphatic carbocycles. The zero-order chi connectivity index (χ0) is 27.4. The van der Waals surface area contributed by atoms with Crippen LogP contribution in [0, 0.1) is 5.92 Å². The van der Waals surface area contributed by atoms with E-state index in [2.05, 4.69) is 16.0 Å². The Balaban J connectivity index is 2.98. The first kappa shape index (κ1) is 30.5. The van der Waals surface area contributed by atoms with Crippen molar-refractivity contribution in [2.24, 2.45) is 11.7 Å². The van der Waals surface area contributed by atoms with Crippen molar-refractivity contribution in [1.29, 1.82) is 0 Å². The van der Waals surface area contributed by atoms with Crippen LogP contribution in [0.2, 0.25) is 0 Å². The summed E-state index contributed by atoms with van der Waals surface area (Å²) in [4.78, 5) is 60.9. The van der Waals surface area contributed by atoms with E-state index in [1.807, 2.05) is 0 Å². The fraction of sp³-hybridized carbons (Fsp3) is 0.542. The average molecular weight is 509 g/mol. The lowest BCUT2D eigenvalue weighted by Gasteiger charge is -2.27. The molecule has 0 saturated carbocycles. The van der Waals surface area contributed by atoms with Gasteiger partial charge in [0.2, 0.25) is 17.7 Å². The molecule has 12 heteroatoms. The molecule has 0 aromatic heterocycles. The number of carboxylic acid groups (broad SMARTS) is 2. The van der Waals surface area contributed by atoms with Crippen LogP contribution in [0.25, 0.3) is 0 Å². The molecule has 1 rings (SSSR count). The van der Waals surface area contributed by atoms with Crippen LogP contribution in [0.15, 0.2) is 30.3 Å². The van der Waals surface area contributed by atoms with Crippen molar-refractivity contribution >= 4 is 29.7 Å². The minimum absolute atomic E-state index is 0.171. The molecule has 6 atom stereocenters. The summed E-state index contributed by atoms with van der Waals surface area (Å²) in [5.74, 6) is -5.47. The maximum absolute atomic E-state index is 12.9. The van der Waals surface area contributed by atoms with Gasteiger partial charge >= 0.3 is 11.9 Å². The number of aliphatic carboxylic acids is 2. The van der Waals surface area contributed by atoms with Gasteiger partial charge in [0.25, 0.3) is 0 Å². The Morgan fingerprint density at radius 2 is 1.47 bits per heavy atom. The Morgan fingerprint density at radius 3 is 1.97 bits per heavy atom. The van der Waals surface area contributed by atoms with Crippen LogP contribution in [0.5, 0.6) is 0 Å². The molecule has 36 heavy (non-hydrogen) atoms. The molecule has 1 aromatic carbocycles. The highest BCUT2D eigenvalue weighted by atomic mass is 16.4. The van der Waals surface area contributed by atoms with Crippen LogP contribution in [-0.2, 0) is 30.4 Å². The number of carbonyl (C=O) groups is 5. The first-order chi connectivity index (χ1) is 16.9. The molecule has 0 radical (unpaired) electrons. The Bertz CT molecular complexity index is 909. The van der Waals surface area contributed by atoms with Crippen molar-refractivity contribution in [2.75, 3.05) is 0 Å². The van der Waals surface area contributed by atoms with E-state index in [-0.39, 0.29) is 12.8 Å². The van der Waals surface area contributed by atoms with Gasteiger partial charge in [0.1, 0.15) is 18.1 Å². The van der Waals surface area contributed by atoms with Gasteiger partial charge < -0.3 is 37.0 Å². The van der Waals surface area contributed by atoms with Crippen LogP contribution in [0.3, 0.4) is 0 Å². The largest absolute Gasteiger partial charge is 0.481 e. The van der Waals surface area contributed by atoms with E-state index < -0.39 is 72.3 Å². The number of hydrogen-bond acceptors (Lipinski definition) is 7. The molecule has 0 aliphatic heterocycles. The van der Waals surface area contributed by atoms with E-state index in [0.717, 1.165) is 5.56 Å². The topological polar surface area (TPSA) is 208 Å². The fourth-order valence-corrected chi connectivity index (χ4v) is 3.36. The monoisotopic (exact) mass is 508 g/mol. The zero-order valence-corrected chi connectivity index (χ0v) is 20.6. The summed E-state index contributed by atoms with van der Waals surface area (Å²) in [5.41, 5.74) is 6.74. The number of carboxylic acids is 2. The van der Waals surface area contributed by atoms with Crippen molar-refractivity contribution in [2.45, 2.75) is 76.7 Å². The SMILES string of the molecule is CCC(C)C(NC(=O)C(NC(=O)C(CCC(=O)O)NC(=O)C(N)Cc1ccccc1)C(C)O)C(=O)O. The number of hydrogen-bond donors (Lipinski definition) is 7. The molecule has 0 spiro atoms. The van der Waals surface area contributed by atoms with Crippen LogP contribution >= 0.6 is 0 Å². The lowest BCUT2D eigenvalue weighted by Crippen LogP contribution is -2.60. The van der Waals surface area contributed by atoms with Crippen molar-refractivity contribution in [1.82, 2.24) is 16.0 Å². The summed E-state index contributed by atoms with van der Waals surface area (Å²) < 4.78 is 0. The second-order valence-electron chi connectivity index (χ2n) is 8.73. The number of aliphatic hydroxyl groups excluding tert-OH is 1. The summed E-state index contributed by atoms with van der Waals surface area (Å²) in [6, 6.07) is 3.71. The Labute approximate surface area is 209 Å². The van der Waals surface area contributed by atoms with Gasteiger partial charge in [-0.2, -0.15) is 0 Å². The first-order valence-electron chi connectivity index (χ1n) is 11.7. The van der Waals surface area contributed by atoms with E-state index in [1.54, 1.807) is 44.2 Å². The quantitative estimate of drug-likeness (QED) is 0.161. The zero-order valence-electron chi connectivity index (χ0n) is 20.6. The maximum Gasteiger partial charge on any atom is 0.326 e. The third-order valence-electron chi connectivity index (χ3n) is 5.75. The lowest BCUT2D eigenvalue weighted by atomic mass is 9.98. The van der Waals surface area contributed by atoms with Gasteiger partial charge in [-0.3, -0.25) is 19.2 Å². The molecule has 0 heterocycles. The molecular formula is C24H36N4O8. The van der Waals surface area contributed by atoms with Crippen LogP contribution in [0.1, 0.15) is 45.6 Å². The normalized spacial score (nSPS) is 15.9. The van der Waals surface area contributed by atoms with Gasteiger partial charge in [0.15, 0.2) is 0 Å². The smallest absolute Gasteiger partial charge is 0.326 e. The number of aliphatic hydroxyl groups is 1. The second-order valence-corrected chi connectivity index (χ2v) is 8.73. The highest BCUT2D eigenvalue weighted by Crippen LogP contribution is 2.10. The number of rotatable bonds is 15. The average Bonchev–Trinajstić information content (AvgIpc) is 2.82. The Hall–Kier alpha value is -3.51. The van der Waals surface area contributed by atoms with Crippen molar-refractivity contribution in [3.05, 3.63) is 35.9 Å². The Morgan fingerprint density at radius 1 is 0.889 bits per heavy atom. The summed E-state index contributed by atoms with van der Waals surface area (Å²) in [5, 5.41) is 35.6. The minimum Gasteiger partial charge on any atom is -0.481 e. The van der Waals surface area contributed by atoms with E-state index in [0.29, 0.717) is 6.42 Å². The number of amides is 3. The second kappa shape index (κ2) is 14.8. The van der Waals surface area contributed by atoms with Crippen LogP contribution < -0.4 is 21.7 Å². The summed E-state index contributed by atoms with van der Waals surface area (Å²) in [6.07, 6.45) is -1.56. The highest BCUT2D eigenvalue weighted by molar-refractivity contribution is 5.94. The standard InChI is InChI=1S/C24H36N4O8/c1-4-13(2)19(24(35)36)27-23(34)20(14(3)29)28-22(33)17(10-11-18(30)31)26-21(32)16(25)12-15-8-6-5-7-9-15/h5-9,13-14,16-17,19-20,29H,4,10-12,25H2,1-3H3,(H,26,32)(H,27,34)(H,28,33)(H,30,31)(H,35,36). The van der Waals surface area contributed by atoms with Gasteiger partial charge in [0.05, 0.1) is 12.1 Å². The maximum atomic E-state index is 12.9. The number of nitrogens with two attached hydrogens (primary N) is 1. The van der Waals surface area contributed by atoms with Crippen LogP contribution in [0.4, 0.5) is 0 Å². The third kappa shape index (κ3) is 10.0. The molecular weight excluding hydrogens is 472 g/mol. The molecule has 6 unspecified atom stereocenters. The van der Waals surface area contributed by atoms with Gasteiger partial charge in [-0.1, -0.05) is 50.6 Å². The minimum atomic E-state index is -1.55. The number of benzene rings is 1. The van der Waals surface area contributed by atoms with E-state index in [4.69, 9.17) is 10.8 Å². The summed E-state index contributed by atoms with van der Waals surface area (Å²) in [6.45, 7) is 4.61. The summed E-state index contributed by atoms with van der Waals surface area (Å²) in [7, 11) is 0. The molecule has 0 saturated heterocycles. The molecule has 3 amide bonds. The van der Waals surface area contributed by atoms with Gasteiger partial charge in [-0.25, -0.2) is 4.79 Å². The molecule has 0 fully saturated rings. The lowest BCUT2D eigenvalue weighted by molar-refractivity contribution is -0.144. The fourth-order valence-electron chi connectivity index (χ4n) is 3.36. The van der Waals surface area contributed by atoms with Gasteiger partial charge in [-0.05, 0) is 31.2 Å². The molecule has 0 aliphatic rings. The van der Waals surface area contributed by atoms with Gasteiger partial charge in [-0.15, -0.1) is 0 Å². The predicted octanol–water partition coefficient (Wildman–Crippen LogP) is -0.613. The van der Waals surface area contributed by atoms with Gasteiger partial charge in [0, 0.05) is 6.42 Å². The van der Waals surface area contributed by atoms with E-state index in [1.165, 1.54) is 6.92 Å². The molecule has 8 N–H and O–H groups in total. The van der Waals surface area contributed by atoms with Crippen molar-refractivity contribution < 1.29 is 39.3 Å². The van der Waals surface area contributed by atoms with Crippen LogP contribution in [-0.4, -0.2) is 75.3 Å². The van der Waals surface area contributed by atoms with E-state index >= 15 is 0 Å². The third-order valence-corrected chi connectivity index (χ3v) is 5.75. The van der Waals surface area contributed by atoms with Crippen molar-refractivity contribution in [3.8, 4) is 0 Å². The predicted molar refractivity (Wildman–Crippen MR) is 130 cm³/mol. The highest BCUT2D eigenvalue weighted by Gasteiger charge is 2.34. The Kier molecular flexibility index (Phi) is 12.5. The molecule has 1 aromatic rings. The van der Waals surface area contributed by atoms with E-state index in [9.17, 15) is 34.2 Å². The number of nitrogens with one attached hydrogen (secondary N) is 3. The number of carbonyl (C=O) groups excluding carboxylic acids is 3. The molecule has 0 bridgehead atoms. The first-order valence-corrected chi connectivity index (χ1v) is 11.7. The van der Waals surface area contributed by atoms with Crippen molar-refractivity contribution in [3.63, 3.8) is 0 Å². The molecule has 12 nitrogen and oxygen atoms in total. The summed E-state index contributed by atoms with van der Waals surface area (Å²) >= 11 is 0. The molecule has 200 valence electrons.